The molecule has 0 unspecified atom stereocenters. The molecule has 0 amide bonds. The molecule has 2 heterocycles. The number of anilines is 1. The molecule has 0 radical (unpaired) electrons. The van der Waals surface area contributed by atoms with Gasteiger partial charge in [-0.2, -0.15) is 0 Å². The lowest BCUT2D eigenvalue weighted by Crippen LogP contribution is -2.04. The molecule has 0 aromatic carbocycles. The van der Waals surface area contributed by atoms with Crippen molar-refractivity contribution in [2.75, 3.05) is 11.9 Å². The molecule has 2 aromatic rings. The van der Waals surface area contributed by atoms with E-state index in [1.165, 1.54) is 6.07 Å². The zero-order valence-electron chi connectivity index (χ0n) is 9.79. The van der Waals surface area contributed by atoms with Crippen molar-refractivity contribution in [3.05, 3.63) is 34.6 Å². The van der Waals surface area contributed by atoms with E-state index < -0.39 is 4.92 Å². The SMILES string of the molecule is CCCNc1nccnc1-c1ccc([N+](=O)[O-])s1. The molecule has 2 aromatic heterocycles. The standard InChI is InChI=1S/C11H12N4O2S/c1-2-5-13-11-10(12-6-7-14-11)8-3-4-9(18-8)15(16)17/h3-4,6-7H,2,5H2,1H3,(H,13,14). The average molecular weight is 264 g/mol. The van der Waals surface area contributed by atoms with Crippen LogP contribution in [0.2, 0.25) is 0 Å². The van der Waals surface area contributed by atoms with Gasteiger partial charge in [-0.3, -0.25) is 10.1 Å². The molecule has 6 nitrogen and oxygen atoms in total. The van der Waals surface area contributed by atoms with Crippen molar-refractivity contribution in [3.63, 3.8) is 0 Å². The van der Waals surface area contributed by atoms with Crippen molar-refractivity contribution in [2.45, 2.75) is 13.3 Å². The predicted molar refractivity (Wildman–Crippen MR) is 70.8 cm³/mol. The average Bonchev–Trinajstić information content (AvgIpc) is 2.86. The van der Waals surface area contributed by atoms with Gasteiger partial charge in [0.25, 0.3) is 0 Å². The highest BCUT2D eigenvalue weighted by Crippen LogP contribution is 2.34. The van der Waals surface area contributed by atoms with E-state index >= 15 is 0 Å². The summed E-state index contributed by atoms with van der Waals surface area (Å²) in [7, 11) is 0. The van der Waals surface area contributed by atoms with E-state index in [4.69, 9.17) is 0 Å². The summed E-state index contributed by atoms with van der Waals surface area (Å²) in [5.74, 6) is 0.663. The Hall–Kier alpha value is -2.02. The summed E-state index contributed by atoms with van der Waals surface area (Å²) in [6, 6.07) is 3.18. The molecule has 1 N–H and O–H groups in total. The Kier molecular flexibility index (Phi) is 3.83. The van der Waals surface area contributed by atoms with Crippen LogP contribution in [-0.4, -0.2) is 21.4 Å². The smallest absolute Gasteiger partial charge is 0.324 e. The second-order valence-corrected chi connectivity index (χ2v) is 4.64. The third kappa shape index (κ3) is 2.62. The van der Waals surface area contributed by atoms with Gasteiger partial charge in [-0.15, -0.1) is 0 Å². The Balaban J connectivity index is 2.33. The fourth-order valence-corrected chi connectivity index (χ4v) is 2.26. The quantitative estimate of drug-likeness (QED) is 0.663. The van der Waals surface area contributed by atoms with Crippen molar-refractivity contribution < 1.29 is 4.92 Å². The molecule has 0 aliphatic carbocycles. The third-order valence-electron chi connectivity index (χ3n) is 2.25. The maximum Gasteiger partial charge on any atom is 0.324 e. The molecule has 0 spiro atoms. The highest BCUT2D eigenvalue weighted by atomic mass is 32.1. The summed E-state index contributed by atoms with van der Waals surface area (Å²) >= 11 is 1.10. The molecule has 0 aliphatic rings. The zero-order valence-corrected chi connectivity index (χ0v) is 10.6. The number of nitrogens with one attached hydrogen (secondary N) is 1. The van der Waals surface area contributed by atoms with E-state index in [0.29, 0.717) is 11.5 Å². The maximum atomic E-state index is 10.7. The van der Waals surface area contributed by atoms with Gasteiger partial charge in [-0.05, 0) is 12.5 Å². The number of nitrogens with zero attached hydrogens (tertiary/aromatic N) is 3. The number of rotatable bonds is 5. The van der Waals surface area contributed by atoms with Gasteiger partial charge in [-0.1, -0.05) is 18.3 Å². The second kappa shape index (κ2) is 5.54. The third-order valence-corrected chi connectivity index (χ3v) is 3.29. The molecule has 0 fully saturated rings. The molecule has 0 aliphatic heterocycles. The van der Waals surface area contributed by atoms with Gasteiger partial charge in [0.1, 0.15) is 5.69 Å². The van der Waals surface area contributed by atoms with Crippen LogP contribution in [0.25, 0.3) is 10.6 Å². The molecule has 2 rings (SSSR count). The highest BCUT2D eigenvalue weighted by Gasteiger charge is 2.15. The molecular weight excluding hydrogens is 252 g/mol. The molecule has 7 heteroatoms. The molecule has 94 valence electrons. The van der Waals surface area contributed by atoms with Crippen LogP contribution >= 0.6 is 11.3 Å². The lowest BCUT2D eigenvalue weighted by atomic mass is 10.3. The van der Waals surface area contributed by atoms with Gasteiger partial charge in [0.05, 0.1) is 9.80 Å². The topological polar surface area (TPSA) is 81.0 Å². The Bertz CT molecular complexity index is 555. The number of nitro groups is 1. The molecule has 0 saturated heterocycles. The van der Waals surface area contributed by atoms with Crippen molar-refractivity contribution >= 4 is 22.2 Å². The van der Waals surface area contributed by atoms with Gasteiger partial charge < -0.3 is 5.32 Å². The van der Waals surface area contributed by atoms with Crippen LogP contribution in [0.4, 0.5) is 10.8 Å². The summed E-state index contributed by atoms with van der Waals surface area (Å²) in [5.41, 5.74) is 0.657. The largest absolute Gasteiger partial charge is 0.368 e. The van der Waals surface area contributed by atoms with E-state index in [9.17, 15) is 10.1 Å². The van der Waals surface area contributed by atoms with Crippen LogP contribution < -0.4 is 5.32 Å². The summed E-state index contributed by atoms with van der Waals surface area (Å²) in [6.45, 7) is 2.85. The summed E-state index contributed by atoms with van der Waals surface area (Å²) in [5, 5.41) is 13.9. The Morgan fingerprint density at radius 3 is 2.83 bits per heavy atom. The number of hydrogen-bond donors (Lipinski definition) is 1. The van der Waals surface area contributed by atoms with Gasteiger partial charge in [0, 0.05) is 25.0 Å². The van der Waals surface area contributed by atoms with Crippen LogP contribution in [0.15, 0.2) is 24.5 Å². The Morgan fingerprint density at radius 1 is 1.39 bits per heavy atom. The van der Waals surface area contributed by atoms with Crippen LogP contribution in [0, 0.1) is 10.1 Å². The maximum absolute atomic E-state index is 10.7. The summed E-state index contributed by atoms with van der Waals surface area (Å²) < 4.78 is 0. The van der Waals surface area contributed by atoms with Crippen LogP contribution in [0.3, 0.4) is 0 Å². The second-order valence-electron chi connectivity index (χ2n) is 3.58. The van der Waals surface area contributed by atoms with Crippen LogP contribution in [-0.2, 0) is 0 Å². The lowest BCUT2D eigenvalue weighted by Gasteiger charge is -2.06. The van der Waals surface area contributed by atoms with Crippen molar-refractivity contribution in [2.24, 2.45) is 0 Å². The van der Waals surface area contributed by atoms with Crippen molar-refractivity contribution in [1.82, 2.24) is 9.97 Å². The molecule has 0 bridgehead atoms. The van der Waals surface area contributed by atoms with Crippen molar-refractivity contribution in [1.29, 1.82) is 0 Å². The number of thiophene rings is 1. The van der Waals surface area contributed by atoms with Crippen LogP contribution in [0.5, 0.6) is 0 Å². The first-order chi connectivity index (χ1) is 8.72. The molecule has 0 atom stereocenters. The van der Waals surface area contributed by atoms with Gasteiger partial charge in [0.2, 0.25) is 0 Å². The summed E-state index contributed by atoms with van der Waals surface area (Å²) in [6.07, 6.45) is 4.15. The minimum Gasteiger partial charge on any atom is -0.368 e. The normalized spacial score (nSPS) is 10.3. The van der Waals surface area contributed by atoms with Crippen LogP contribution in [0.1, 0.15) is 13.3 Å². The van der Waals surface area contributed by atoms with E-state index in [2.05, 4.69) is 22.2 Å². The minimum absolute atomic E-state index is 0.108. The predicted octanol–water partition coefficient (Wildman–Crippen LogP) is 2.94. The summed E-state index contributed by atoms with van der Waals surface area (Å²) in [4.78, 5) is 19.5. The number of hydrogen-bond acceptors (Lipinski definition) is 6. The fraction of sp³-hybridized carbons (Fsp3) is 0.273. The molecule has 0 saturated carbocycles. The number of aromatic nitrogens is 2. The Labute approximate surface area is 108 Å². The van der Waals surface area contributed by atoms with E-state index in [-0.39, 0.29) is 5.00 Å². The van der Waals surface area contributed by atoms with E-state index in [1.807, 2.05) is 0 Å². The van der Waals surface area contributed by atoms with Crippen molar-refractivity contribution in [3.8, 4) is 10.6 Å². The van der Waals surface area contributed by atoms with E-state index in [0.717, 1.165) is 29.2 Å². The van der Waals surface area contributed by atoms with Gasteiger partial charge in [-0.25, -0.2) is 9.97 Å². The van der Waals surface area contributed by atoms with Gasteiger partial charge >= 0.3 is 5.00 Å². The molecule has 18 heavy (non-hydrogen) atoms. The Morgan fingerprint density at radius 2 is 2.17 bits per heavy atom. The van der Waals surface area contributed by atoms with Gasteiger partial charge in [0.15, 0.2) is 5.82 Å². The molecular formula is C11H12N4O2S. The first-order valence-corrected chi connectivity index (χ1v) is 6.33. The highest BCUT2D eigenvalue weighted by molar-refractivity contribution is 7.18. The first kappa shape index (κ1) is 12.4. The van der Waals surface area contributed by atoms with E-state index in [1.54, 1.807) is 18.5 Å². The fourth-order valence-electron chi connectivity index (χ4n) is 1.44. The minimum atomic E-state index is -0.399. The first-order valence-electron chi connectivity index (χ1n) is 5.52. The monoisotopic (exact) mass is 264 g/mol. The lowest BCUT2D eigenvalue weighted by molar-refractivity contribution is -0.380. The zero-order chi connectivity index (χ0) is 13.0.